The molecule has 0 aliphatic carbocycles. The monoisotopic (exact) mass is 449 g/mol. The molecular formula is C21H35N7O2S. The zero-order chi connectivity index (χ0) is 21.6. The largest absolute Gasteiger partial charge is 0.355 e. The summed E-state index contributed by atoms with van der Waals surface area (Å²) in [7, 11) is 0. The van der Waals surface area contributed by atoms with Crippen molar-refractivity contribution < 1.29 is 9.59 Å². The molecule has 31 heavy (non-hydrogen) atoms. The molecule has 4 rings (SSSR count). The van der Waals surface area contributed by atoms with E-state index in [0.717, 1.165) is 96.3 Å². The first-order valence-electron chi connectivity index (χ1n) is 11.7. The summed E-state index contributed by atoms with van der Waals surface area (Å²) in [5.74, 6) is 0.407. The molecule has 0 atom stereocenters. The van der Waals surface area contributed by atoms with E-state index in [1.54, 1.807) is 4.90 Å². The van der Waals surface area contributed by atoms with Gasteiger partial charge >= 0.3 is 0 Å². The third-order valence-corrected chi connectivity index (χ3v) is 7.74. The molecule has 1 aromatic rings. The molecule has 3 aliphatic heterocycles. The van der Waals surface area contributed by atoms with Gasteiger partial charge in [0.15, 0.2) is 0 Å². The Morgan fingerprint density at radius 2 is 1.71 bits per heavy atom. The highest BCUT2D eigenvalue weighted by atomic mass is 32.1. The van der Waals surface area contributed by atoms with Crippen LogP contribution in [-0.2, 0) is 9.59 Å². The van der Waals surface area contributed by atoms with E-state index in [9.17, 15) is 9.59 Å². The number of hydrogen-bond donors (Lipinski definition) is 1. The molecule has 1 aromatic heterocycles. The zero-order valence-electron chi connectivity index (χ0n) is 18.6. The molecule has 3 aliphatic rings. The first kappa shape index (κ1) is 22.4. The van der Waals surface area contributed by atoms with Crippen LogP contribution in [-0.4, -0.2) is 97.3 Å². The quantitative estimate of drug-likeness (QED) is 0.665. The number of hydrogen-bond acceptors (Lipinski definition) is 8. The van der Waals surface area contributed by atoms with E-state index in [2.05, 4.69) is 37.1 Å². The fourth-order valence-corrected chi connectivity index (χ4v) is 5.54. The maximum atomic E-state index is 12.6. The highest BCUT2D eigenvalue weighted by molar-refractivity contribution is 7.19. The average Bonchev–Trinajstić information content (AvgIpc) is 3.30. The maximum Gasteiger partial charge on any atom is 0.228 e. The Hall–Kier alpha value is -1.78. The Morgan fingerprint density at radius 3 is 2.42 bits per heavy atom. The molecule has 0 bridgehead atoms. The number of carbonyl (C=O) groups excluding carboxylic acids is 2. The van der Waals surface area contributed by atoms with Gasteiger partial charge in [-0.3, -0.25) is 19.4 Å². The van der Waals surface area contributed by atoms with E-state index in [0.29, 0.717) is 11.6 Å². The molecule has 9 nitrogen and oxygen atoms in total. The van der Waals surface area contributed by atoms with Crippen LogP contribution in [0.15, 0.2) is 0 Å². The lowest BCUT2D eigenvalue weighted by molar-refractivity contribution is -0.125. The number of aromatic nitrogens is 2. The van der Waals surface area contributed by atoms with Gasteiger partial charge in [0.25, 0.3) is 0 Å². The summed E-state index contributed by atoms with van der Waals surface area (Å²) in [6.45, 7) is 11.8. The fraction of sp³-hybridized carbons (Fsp3) is 0.810. The molecule has 2 amide bonds. The normalized spacial score (nSPS) is 22.2. The molecule has 4 heterocycles. The number of piperazine rings is 1. The number of amides is 2. The lowest BCUT2D eigenvalue weighted by Gasteiger charge is -2.34. The van der Waals surface area contributed by atoms with Gasteiger partial charge in [0.05, 0.1) is 0 Å². The van der Waals surface area contributed by atoms with Crippen LogP contribution in [0.2, 0.25) is 0 Å². The van der Waals surface area contributed by atoms with E-state index >= 15 is 0 Å². The smallest absolute Gasteiger partial charge is 0.228 e. The van der Waals surface area contributed by atoms with E-state index in [1.165, 1.54) is 11.3 Å². The average molecular weight is 450 g/mol. The van der Waals surface area contributed by atoms with Gasteiger partial charge in [-0.15, -0.1) is 10.2 Å². The Labute approximate surface area is 188 Å². The van der Waals surface area contributed by atoms with Gasteiger partial charge in [-0.05, 0) is 32.2 Å². The van der Waals surface area contributed by atoms with Crippen molar-refractivity contribution in [3.05, 3.63) is 0 Å². The van der Waals surface area contributed by atoms with Crippen LogP contribution in [0, 0.1) is 5.92 Å². The highest BCUT2D eigenvalue weighted by Crippen LogP contribution is 2.31. The van der Waals surface area contributed by atoms with Crippen LogP contribution in [0.3, 0.4) is 0 Å². The van der Waals surface area contributed by atoms with Crippen LogP contribution in [0.1, 0.15) is 39.0 Å². The van der Waals surface area contributed by atoms with Gasteiger partial charge in [0.2, 0.25) is 22.1 Å². The van der Waals surface area contributed by atoms with Crippen molar-refractivity contribution in [3.63, 3.8) is 0 Å². The van der Waals surface area contributed by atoms with Crippen molar-refractivity contribution >= 4 is 33.4 Å². The minimum Gasteiger partial charge on any atom is -0.355 e. The standard InChI is InChI=1S/C21H35N7O2S/c1-2-25-13-15-26(16-14-25)12-8-22-19(30)17-6-10-27(11-7-17)20-23-24-21(31-20)28-9-4-3-5-18(28)29/h17H,2-16H2,1H3,(H,22,30). The van der Waals surface area contributed by atoms with Crippen LogP contribution in [0.5, 0.6) is 0 Å². The molecule has 0 aromatic carbocycles. The number of nitrogens with zero attached hydrogens (tertiary/aromatic N) is 6. The van der Waals surface area contributed by atoms with Crippen molar-refractivity contribution in [1.82, 2.24) is 25.3 Å². The minimum absolute atomic E-state index is 0.0734. The van der Waals surface area contributed by atoms with E-state index in [-0.39, 0.29) is 17.7 Å². The number of piperidine rings is 2. The summed E-state index contributed by atoms with van der Waals surface area (Å²) < 4.78 is 0. The predicted octanol–water partition coefficient (Wildman–Crippen LogP) is 1.03. The van der Waals surface area contributed by atoms with Gasteiger partial charge in [-0.1, -0.05) is 18.3 Å². The zero-order valence-corrected chi connectivity index (χ0v) is 19.4. The second kappa shape index (κ2) is 10.7. The molecular weight excluding hydrogens is 414 g/mol. The van der Waals surface area contributed by atoms with E-state index in [4.69, 9.17) is 0 Å². The molecule has 10 heteroatoms. The van der Waals surface area contributed by atoms with Crippen LogP contribution >= 0.6 is 11.3 Å². The lowest BCUT2D eigenvalue weighted by Crippen LogP contribution is -2.48. The van der Waals surface area contributed by atoms with Gasteiger partial charge < -0.3 is 15.1 Å². The molecule has 3 fully saturated rings. The molecule has 0 spiro atoms. The fourth-order valence-electron chi connectivity index (χ4n) is 4.60. The van der Waals surface area contributed by atoms with E-state index in [1.807, 2.05) is 0 Å². The molecule has 0 radical (unpaired) electrons. The molecule has 3 saturated heterocycles. The number of carbonyl (C=O) groups is 2. The Morgan fingerprint density at radius 1 is 1.00 bits per heavy atom. The topological polar surface area (TPSA) is 84.9 Å². The van der Waals surface area contributed by atoms with E-state index < -0.39 is 0 Å². The van der Waals surface area contributed by atoms with Crippen molar-refractivity contribution in [2.24, 2.45) is 5.92 Å². The van der Waals surface area contributed by atoms with Crippen LogP contribution in [0.4, 0.5) is 10.3 Å². The Bertz CT molecular complexity index is 742. The first-order chi connectivity index (χ1) is 15.1. The predicted molar refractivity (Wildman–Crippen MR) is 123 cm³/mol. The third kappa shape index (κ3) is 5.72. The third-order valence-electron chi connectivity index (χ3n) is 6.73. The Balaban J connectivity index is 1.17. The maximum absolute atomic E-state index is 12.6. The van der Waals surface area contributed by atoms with Crippen LogP contribution < -0.4 is 15.1 Å². The SMILES string of the molecule is CCN1CCN(CCNC(=O)C2CCN(c3nnc(N4CCCCC4=O)s3)CC2)CC1. The number of anilines is 2. The summed E-state index contributed by atoms with van der Waals surface area (Å²) in [5.41, 5.74) is 0. The van der Waals surface area contributed by atoms with Gasteiger partial charge in [-0.2, -0.15) is 0 Å². The molecule has 0 saturated carbocycles. The summed E-state index contributed by atoms with van der Waals surface area (Å²) in [4.78, 5) is 33.6. The Kier molecular flexibility index (Phi) is 7.73. The highest BCUT2D eigenvalue weighted by Gasteiger charge is 2.28. The van der Waals surface area contributed by atoms with Gasteiger partial charge in [-0.25, -0.2) is 0 Å². The van der Waals surface area contributed by atoms with Gasteiger partial charge in [0, 0.05) is 71.2 Å². The molecule has 0 unspecified atom stereocenters. The van der Waals surface area contributed by atoms with Crippen molar-refractivity contribution in [2.75, 3.05) is 75.2 Å². The lowest BCUT2D eigenvalue weighted by atomic mass is 9.96. The first-order valence-corrected chi connectivity index (χ1v) is 12.6. The minimum atomic E-state index is 0.0734. The second-order valence-corrected chi connectivity index (χ2v) is 9.63. The summed E-state index contributed by atoms with van der Waals surface area (Å²) in [5, 5.41) is 13.3. The summed E-state index contributed by atoms with van der Waals surface area (Å²) in [6.07, 6.45) is 4.25. The summed E-state index contributed by atoms with van der Waals surface area (Å²) in [6, 6.07) is 0. The van der Waals surface area contributed by atoms with Crippen molar-refractivity contribution in [1.29, 1.82) is 0 Å². The number of nitrogens with one attached hydrogen (secondary N) is 1. The molecule has 172 valence electrons. The second-order valence-electron chi connectivity index (χ2n) is 8.70. The van der Waals surface area contributed by atoms with Crippen molar-refractivity contribution in [2.45, 2.75) is 39.0 Å². The number of likely N-dealkylation sites (N-methyl/N-ethyl adjacent to an activating group) is 1. The van der Waals surface area contributed by atoms with Crippen LogP contribution in [0.25, 0.3) is 0 Å². The summed E-state index contributed by atoms with van der Waals surface area (Å²) >= 11 is 1.49. The van der Waals surface area contributed by atoms with Gasteiger partial charge in [0.1, 0.15) is 0 Å². The van der Waals surface area contributed by atoms with Crippen molar-refractivity contribution in [3.8, 4) is 0 Å². The molecule has 1 N–H and O–H groups in total. The number of rotatable bonds is 7.